The molecule has 0 bridgehead atoms. The maximum Gasteiger partial charge on any atom is 0.0990 e. The molecule has 1 aliphatic heterocycles. The molecule has 2 rings (SSSR count). The van der Waals surface area contributed by atoms with Crippen molar-refractivity contribution < 1.29 is 10.2 Å². The Morgan fingerprint density at radius 3 is 2.45 bits per heavy atom. The van der Waals surface area contributed by atoms with Gasteiger partial charge in [-0.25, -0.2) is 0 Å². The minimum atomic E-state index is -0.637. The smallest absolute Gasteiger partial charge is 0.0990 e. The monoisotopic (exact) mass is 278 g/mol. The summed E-state index contributed by atoms with van der Waals surface area (Å²) in [5.41, 5.74) is 3.57. The average Bonchev–Trinajstić information content (AvgIpc) is 2.69. The Bertz CT molecular complexity index is 438. The number of nitrogens with zero attached hydrogens (tertiary/aromatic N) is 1. The number of anilines is 1. The van der Waals surface area contributed by atoms with Gasteiger partial charge >= 0.3 is 0 Å². The van der Waals surface area contributed by atoms with Crippen LogP contribution in [0.4, 0.5) is 5.69 Å². The molecule has 0 radical (unpaired) electrons. The van der Waals surface area contributed by atoms with Gasteiger partial charge in [-0.2, -0.15) is 0 Å². The first-order valence-corrected chi connectivity index (χ1v) is 7.38. The summed E-state index contributed by atoms with van der Waals surface area (Å²) >= 11 is 0. The molecule has 20 heavy (non-hydrogen) atoms. The lowest BCUT2D eigenvalue weighted by molar-refractivity contribution is 0.0572. The Balaban J connectivity index is 1.99. The number of rotatable bonds is 5. The molecule has 1 aliphatic rings. The zero-order valence-electron chi connectivity index (χ0n) is 12.6. The van der Waals surface area contributed by atoms with Crippen molar-refractivity contribution in [3.05, 3.63) is 29.3 Å². The molecule has 112 valence electrons. The molecule has 2 atom stereocenters. The first-order chi connectivity index (χ1) is 9.47. The number of aliphatic hydroxyl groups excluding tert-OH is 2. The molecule has 1 aromatic carbocycles. The van der Waals surface area contributed by atoms with E-state index in [0.717, 1.165) is 18.8 Å². The van der Waals surface area contributed by atoms with Crippen molar-refractivity contribution in [1.29, 1.82) is 0 Å². The number of nitrogens with one attached hydrogen (secondary N) is 1. The van der Waals surface area contributed by atoms with E-state index in [-0.39, 0.29) is 0 Å². The van der Waals surface area contributed by atoms with E-state index in [1.807, 2.05) is 0 Å². The molecule has 0 spiro atoms. The van der Waals surface area contributed by atoms with Crippen LogP contribution in [-0.4, -0.2) is 42.1 Å². The van der Waals surface area contributed by atoms with Gasteiger partial charge in [0, 0.05) is 25.3 Å². The molecule has 1 saturated heterocycles. The predicted octanol–water partition coefficient (Wildman–Crippen LogP) is 1.28. The van der Waals surface area contributed by atoms with Crippen LogP contribution in [0.25, 0.3) is 0 Å². The average molecular weight is 278 g/mol. The van der Waals surface area contributed by atoms with Gasteiger partial charge in [-0.05, 0) is 36.6 Å². The highest BCUT2D eigenvalue weighted by atomic mass is 16.3. The fraction of sp³-hybridized carbons (Fsp3) is 0.625. The molecule has 0 aliphatic carbocycles. The fourth-order valence-electron chi connectivity index (χ4n) is 2.65. The maximum absolute atomic E-state index is 9.64. The normalized spacial score (nSPS) is 22.8. The van der Waals surface area contributed by atoms with E-state index in [4.69, 9.17) is 0 Å². The Hall–Kier alpha value is -1.10. The second kappa shape index (κ2) is 6.57. The van der Waals surface area contributed by atoms with Crippen LogP contribution in [0.1, 0.15) is 25.0 Å². The number of benzene rings is 1. The van der Waals surface area contributed by atoms with E-state index >= 15 is 0 Å². The standard InChI is InChI=1S/C16H26N2O2/c1-11(2)7-17-8-13-4-5-14(12(3)6-13)18-9-15(19)16(20)10-18/h4-6,11,15-17,19-20H,7-10H2,1-3H3. The van der Waals surface area contributed by atoms with Gasteiger partial charge in [-0.1, -0.05) is 26.0 Å². The van der Waals surface area contributed by atoms with Crippen LogP contribution in [0.5, 0.6) is 0 Å². The zero-order valence-corrected chi connectivity index (χ0v) is 12.6. The minimum Gasteiger partial charge on any atom is -0.389 e. The van der Waals surface area contributed by atoms with Gasteiger partial charge in [-0.3, -0.25) is 0 Å². The fourth-order valence-corrected chi connectivity index (χ4v) is 2.65. The maximum atomic E-state index is 9.64. The first kappa shape index (κ1) is 15.3. The third-order valence-electron chi connectivity index (χ3n) is 3.74. The molecule has 0 amide bonds. The lowest BCUT2D eigenvalue weighted by atomic mass is 10.1. The van der Waals surface area contributed by atoms with Crippen molar-refractivity contribution in [2.75, 3.05) is 24.5 Å². The predicted molar refractivity (Wildman–Crippen MR) is 82.0 cm³/mol. The number of aryl methyl sites for hydroxylation is 1. The molecule has 0 aromatic heterocycles. The summed E-state index contributed by atoms with van der Waals surface area (Å²) in [6.45, 7) is 9.39. The highest BCUT2D eigenvalue weighted by Crippen LogP contribution is 2.25. The SMILES string of the molecule is Cc1cc(CNCC(C)C)ccc1N1CC(O)C(O)C1. The van der Waals surface area contributed by atoms with Crippen LogP contribution >= 0.6 is 0 Å². The van der Waals surface area contributed by atoms with E-state index in [1.165, 1.54) is 11.1 Å². The van der Waals surface area contributed by atoms with Crippen molar-refractivity contribution in [3.8, 4) is 0 Å². The van der Waals surface area contributed by atoms with E-state index in [2.05, 4.69) is 49.2 Å². The topological polar surface area (TPSA) is 55.7 Å². The lowest BCUT2D eigenvalue weighted by Gasteiger charge is -2.21. The molecular weight excluding hydrogens is 252 g/mol. The van der Waals surface area contributed by atoms with E-state index in [0.29, 0.717) is 19.0 Å². The quantitative estimate of drug-likeness (QED) is 0.759. The molecule has 4 heteroatoms. The van der Waals surface area contributed by atoms with Crippen molar-refractivity contribution in [2.45, 2.75) is 39.5 Å². The highest BCUT2D eigenvalue weighted by Gasteiger charge is 2.30. The number of hydrogen-bond acceptors (Lipinski definition) is 4. The van der Waals surface area contributed by atoms with Gasteiger partial charge in [0.2, 0.25) is 0 Å². The van der Waals surface area contributed by atoms with Gasteiger partial charge in [0.25, 0.3) is 0 Å². The molecule has 1 aromatic rings. The van der Waals surface area contributed by atoms with Crippen molar-refractivity contribution >= 4 is 5.69 Å². The first-order valence-electron chi connectivity index (χ1n) is 7.38. The van der Waals surface area contributed by atoms with Crippen molar-refractivity contribution in [3.63, 3.8) is 0 Å². The molecule has 3 N–H and O–H groups in total. The summed E-state index contributed by atoms with van der Waals surface area (Å²) in [5, 5.41) is 22.7. The summed E-state index contributed by atoms with van der Waals surface area (Å²) in [7, 11) is 0. The van der Waals surface area contributed by atoms with Crippen LogP contribution in [0.15, 0.2) is 18.2 Å². The summed E-state index contributed by atoms with van der Waals surface area (Å²) in [4.78, 5) is 2.05. The number of aliphatic hydroxyl groups is 2. The Morgan fingerprint density at radius 2 is 1.90 bits per heavy atom. The summed E-state index contributed by atoms with van der Waals surface area (Å²) in [6, 6.07) is 6.39. The Morgan fingerprint density at radius 1 is 1.25 bits per heavy atom. The van der Waals surface area contributed by atoms with Gasteiger partial charge in [0.1, 0.15) is 0 Å². The van der Waals surface area contributed by atoms with Gasteiger partial charge < -0.3 is 20.4 Å². The van der Waals surface area contributed by atoms with Crippen LogP contribution in [0.2, 0.25) is 0 Å². The molecular formula is C16H26N2O2. The highest BCUT2D eigenvalue weighted by molar-refractivity contribution is 5.55. The molecule has 1 heterocycles. The molecule has 1 fully saturated rings. The van der Waals surface area contributed by atoms with Crippen molar-refractivity contribution in [2.24, 2.45) is 5.92 Å². The second-order valence-corrected chi connectivity index (χ2v) is 6.19. The Kier molecular flexibility index (Phi) is 5.02. The van der Waals surface area contributed by atoms with Crippen LogP contribution in [0, 0.1) is 12.8 Å². The van der Waals surface area contributed by atoms with Gasteiger partial charge in [0.15, 0.2) is 0 Å². The number of hydrogen-bond donors (Lipinski definition) is 3. The van der Waals surface area contributed by atoms with E-state index in [1.54, 1.807) is 0 Å². The third kappa shape index (κ3) is 3.72. The van der Waals surface area contributed by atoms with Crippen LogP contribution in [0.3, 0.4) is 0 Å². The minimum absolute atomic E-state index is 0.507. The van der Waals surface area contributed by atoms with Crippen molar-refractivity contribution in [1.82, 2.24) is 5.32 Å². The zero-order chi connectivity index (χ0) is 14.7. The van der Waals surface area contributed by atoms with Gasteiger partial charge in [-0.15, -0.1) is 0 Å². The van der Waals surface area contributed by atoms with Crippen LogP contribution in [-0.2, 0) is 6.54 Å². The molecule has 0 saturated carbocycles. The largest absolute Gasteiger partial charge is 0.389 e. The molecule has 4 nitrogen and oxygen atoms in total. The van der Waals surface area contributed by atoms with Crippen LogP contribution < -0.4 is 10.2 Å². The third-order valence-corrected chi connectivity index (χ3v) is 3.74. The summed E-state index contributed by atoms with van der Waals surface area (Å²) in [5.74, 6) is 0.656. The summed E-state index contributed by atoms with van der Waals surface area (Å²) < 4.78 is 0. The van der Waals surface area contributed by atoms with E-state index in [9.17, 15) is 10.2 Å². The Labute approximate surface area is 121 Å². The second-order valence-electron chi connectivity index (χ2n) is 6.19. The summed E-state index contributed by atoms with van der Waals surface area (Å²) in [6.07, 6.45) is -1.27. The van der Waals surface area contributed by atoms with E-state index < -0.39 is 12.2 Å². The number of β-amino-alcohol motifs (C(OH)–C–C–N with tert-alkyl or cyclic N) is 2. The lowest BCUT2D eigenvalue weighted by Crippen LogP contribution is -2.22. The molecule has 2 unspecified atom stereocenters. The van der Waals surface area contributed by atoms with Gasteiger partial charge in [0.05, 0.1) is 12.2 Å².